The summed E-state index contributed by atoms with van der Waals surface area (Å²) in [5, 5.41) is 7.17. The van der Waals surface area contributed by atoms with Crippen molar-refractivity contribution in [3.63, 3.8) is 0 Å². The van der Waals surface area contributed by atoms with E-state index in [9.17, 15) is 9.18 Å². The van der Waals surface area contributed by atoms with Crippen LogP contribution in [0.4, 0.5) is 4.39 Å². The van der Waals surface area contributed by atoms with Crippen LogP contribution < -0.4 is 5.73 Å². The summed E-state index contributed by atoms with van der Waals surface area (Å²) in [5.74, 6) is -0.733. The van der Waals surface area contributed by atoms with Crippen LogP contribution in [0.2, 0.25) is 0 Å². The van der Waals surface area contributed by atoms with Gasteiger partial charge in [0.05, 0.1) is 33.5 Å². The van der Waals surface area contributed by atoms with Crippen LogP contribution in [-0.2, 0) is 0 Å². The first-order valence-corrected chi connectivity index (χ1v) is 9.58. The summed E-state index contributed by atoms with van der Waals surface area (Å²) in [4.78, 5) is 17.3. The molecule has 5 aromatic rings. The molecule has 0 aliphatic rings. The third-order valence-corrected chi connectivity index (χ3v) is 5.81. The third kappa shape index (κ3) is 4.05. The maximum absolute atomic E-state index is 13.3. The van der Waals surface area contributed by atoms with E-state index < -0.39 is 5.91 Å². The summed E-state index contributed by atoms with van der Waals surface area (Å²) in [6, 6.07) is 13.7. The van der Waals surface area contributed by atoms with Gasteiger partial charge in [0.1, 0.15) is 11.5 Å². The zero-order chi connectivity index (χ0) is 20.0. The van der Waals surface area contributed by atoms with Crippen molar-refractivity contribution in [2.45, 2.75) is 0 Å². The largest absolute Gasteiger partial charge is 0.365 e. The second kappa shape index (κ2) is 8.89. The molecule has 0 saturated carbocycles. The number of aromatic nitrogens is 4. The van der Waals surface area contributed by atoms with Gasteiger partial charge < -0.3 is 5.73 Å². The highest BCUT2D eigenvalue weighted by atomic mass is 35.5. The molecule has 5 rings (SSSR count). The molecule has 0 bridgehead atoms. The van der Waals surface area contributed by atoms with Crippen molar-refractivity contribution >= 4 is 47.7 Å². The maximum Gasteiger partial charge on any atom is 0.258 e. The Balaban J connectivity index is 0.00000136. The van der Waals surface area contributed by atoms with Gasteiger partial charge in [0.15, 0.2) is 0 Å². The smallest absolute Gasteiger partial charge is 0.258 e. The molecular weight excluding hydrogens is 460 g/mol. The molecular formula is C21H16Cl2FN5OS. The summed E-state index contributed by atoms with van der Waals surface area (Å²) >= 11 is 1.33. The fourth-order valence-electron chi connectivity index (χ4n) is 3.27. The van der Waals surface area contributed by atoms with E-state index in [-0.39, 0.29) is 30.6 Å². The molecule has 158 valence electrons. The lowest BCUT2D eigenvalue weighted by Gasteiger charge is -2.06. The fourth-order valence-corrected chi connectivity index (χ4v) is 4.14. The first-order chi connectivity index (χ1) is 14.1. The molecule has 0 saturated heterocycles. The number of nitrogens with two attached hydrogens (primary N) is 1. The lowest BCUT2D eigenvalue weighted by atomic mass is 10.0. The lowest BCUT2D eigenvalue weighted by Crippen LogP contribution is -2.07. The number of benzene rings is 1. The number of pyridine rings is 1. The number of nitrogens with one attached hydrogen (secondary N) is 1. The van der Waals surface area contributed by atoms with Crippen molar-refractivity contribution in [1.82, 2.24) is 19.6 Å². The van der Waals surface area contributed by atoms with Gasteiger partial charge in [-0.3, -0.25) is 14.3 Å². The van der Waals surface area contributed by atoms with Gasteiger partial charge in [0, 0.05) is 22.9 Å². The Morgan fingerprint density at radius 1 is 1.00 bits per heavy atom. The summed E-state index contributed by atoms with van der Waals surface area (Å²) in [6.07, 6.45) is 5.48. The first-order valence-electron chi connectivity index (χ1n) is 8.77. The topological polar surface area (TPSA) is 89.1 Å². The number of hydrogen-bond donors (Lipinski definition) is 2. The van der Waals surface area contributed by atoms with Gasteiger partial charge in [0.25, 0.3) is 5.91 Å². The SMILES string of the molecule is Cl.Cl.NC(=O)c1ccc(-c2cnc3ccc(-c4cn[nH]c4-c4ccc(F)cc4)cn23)s1. The lowest BCUT2D eigenvalue weighted by molar-refractivity contribution is 0.100. The van der Waals surface area contributed by atoms with Crippen LogP contribution in [0.1, 0.15) is 9.67 Å². The zero-order valence-electron chi connectivity index (χ0n) is 15.8. The van der Waals surface area contributed by atoms with Crippen LogP contribution in [0.15, 0.2) is 67.1 Å². The maximum atomic E-state index is 13.3. The number of aromatic amines is 1. The van der Waals surface area contributed by atoms with Gasteiger partial charge in [-0.25, -0.2) is 9.37 Å². The number of hydrogen-bond acceptors (Lipinski definition) is 4. The van der Waals surface area contributed by atoms with Gasteiger partial charge in [0.2, 0.25) is 0 Å². The second-order valence-corrected chi connectivity index (χ2v) is 7.57. The van der Waals surface area contributed by atoms with E-state index in [1.807, 2.05) is 28.8 Å². The molecule has 0 aliphatic heterocycles. The highest BCUT2D eigenvalue weighted by Crippen LogP contribution is 2.33. The number of H-pyrrole nitrogens is 1. The van der Waals surface area contributed by atoms with Gasteiger partial charge in [-0.1, -0.05) is 0 Å². The summed E-state index contributed by atoms with van der Waals surface area (Å²) in [7, 11) is 0. The number of rotatable bonds is 4. The van der Waals surface area contributed by atoms with Gasteiger partial charge >= 0.3 is 0 Å². The number of amides is 1. The van der Waals surface area contributed by atoms with E-state index in [1.54, 1.807) is 30.6 Å². The molecule has 0 radical (unpaired) electrons. The van der Waals surface area contributed by atoms with E-state index in [4.69, 9.17) is 5.73 Å². The minimum Gasteiger partial charge on any atom is -0.365 e. The molecule has 31 heavy (non-hydrogen) atoms. The molecule has 10 heteroatoms. The Hall–Kier alpha value is -3.20. The van der Waals surface area contributed by atoms with Crippen LogP contribution in [0.25, 0.3) is 38.6 Å². The molecule has 6 nitrogen and oxygen atoms in total. The molecule has 1 aromatic carbocycles. The highest BCUT2D eigenvalue weighted by Gasteiger charge is 2.14. The average molecular weight is 476 g/mol. The van der Waals surface area contributed by atoms with E-state index in [0.29, 0.717) is 4.88 Å². The number of imidazole rings is 1. The molecule has 1 amide bonds. The van der Waals surface area contributed by atoms with Gasteiger partial charge in [-0.05, 0) is 48.5 Å². The summed E-state index contributed by atoms with van der Waals surface area (Å²) in [6.45, 7) is 0. The number of thiophene rings is 1. The first kappa shape index (κ1) is 22.5. The van der Waals surface area contributed by atoms with Crippen LogP contribution in [-0.4, -0.2) is 25.5 Å². The van der Waals surface area contributed by atoms with Gasteiger partial charge in [-0.15, -0.1) is 36.2 Å². The molecule has 0 spiro atoms. The standard InChI is InChI=1S/C21H14FN5OS.2ClH/c22-14-4-1-12(2-5-14)20-15(9-25-26-20)13-3-8-19-24-10-16(27(19)11-13)17-6-7-18(29-17)21(23)28;;/h1-11H,(H2,23,28)(H,25,26);2*1H. The zero-order valence-corrected chi connectivity index (χ0v) is 18.2. The number of carbonyl (C=O) groups is 1. The van der Waals surface area contributed by atoms with Crippen LogP contribution >= 0.6 is 36.2 Å². The summed E-state index contributed by atoms with van der Waals surface area (Å²) in [5.41, 5.74) is 10.5. The van der Waals surface area contributed by atoms with Crippen molar-refractivity contribution in [3.8, 4) is 33.0 Å². The van der Waals surface area contributed by atoms with Crippen molar-refractivity contribution in [2.24, 2.45) is 5.73 Å². The van der Waals surface area contributed by atoms with Crippen LogP contribution in [0, 0.1) is 5.82 Å². The van der Waals surface area contributed by atoms with Crippen LogP contribution in [0.5, 0.6) is 0 Å². The number of halogens is 3. The molecule has 0 atom stereocenters. The molecule has 4 aromatic heterocycles. The average Bonchev–Trinajstić information content (AvgIpc) is 3.46. The van der Waals surface area contributed by atoms with Crippen molar-refractivity contribution in [2.75, 3.05) is 0 Å². The Morgan fingerprint density at radius 3 is 2.45 bits per heavy atom. The number of primary amides is 1. The Labute approximate surface area is 192 Å². The minimum absolute atomic E-state index is 0. The number of carbonyl (C=O) groups excluding carboxylic acids is 1. The third-order valence-electron chi connectivity index (χ3n) is 4.69. The number of nitrogens with zero attached hydrogens (tertiary/aromatic N) is 3. The number of fused-ring (bicyclic) bond motifs is 1. The molecule has 3 N–H and O–H groups in total. The minimum atomic E-state index is -0.446. The van der Waals surface area contributed by atoms with E-state index in [1.165, 1.54) is 23.5 Å². The monoisotopic (exact) mass is 475 g/mol. The molecule has 4 heterocycles. The fraction of sp³-hybridized carbons (Fsp3) is 0. The molecule has 0 unspecified atom stereocenters. The predicted molar refractivity (Wildman–Crippen MR) is 124 cm³/mol. The second-order valence-electron chi connectivity index (χ2n) is 6.48. The van der Waals surface area contributed by atoms with Crippen molar-refractivity contribution in [1.29, 1.82) is 0 Å². The van der Waals surface area contributed by atoms with Crippen molar-refractivity contribution in [3.05, 3.63) is 77.8 Å². The predicted octanol–water partition coefficient (Wildman–Crippen LogP) is 5.20. The van der Waals surface area contributed by atoms with E-state index in [2.05, 4.69) is 15.2 Å². The quantitative estimate of drug-likeness (QED) is 0.374. The van der Waals surface area contributed by atoms with Crippen molar-refractivity contribution < 1.29 is 9.18 Å². The normalized spacial score (nSPS) is 10.5. The van der Waals surface area contributed by atoms with Gasteiger partial charge in [-0.2, -0.15) is 5.10 Å². The highest BCUT2D eigenvalue weighted by molar-refractivity contribution is 7.17. The van der Waals surface area contributed by atoms with E-state index in [0.717, 1.165) is 38.6 Å². The molecule has 0 aliphatic carbocycles. The summed E-state index contributed by atoms with van der Waals surface area (Å²) < 4.78 is 15.2. The Kier molecular flexibility index (Phi) is 6.45. The Bertz CT molecular complexity index is 1360. The molecule has 0 fully saturated rings. The Morgan fingerprint density at radius 2 is 1.74 bits per heavy atom. The van der Waals surface area contributed by atoms with E-state index >= 15 is 0 Å². The van der Waals surface area contributed by atoms with Crippen LogP contribution in [0.3, 0.4) is 0 Å².